The number of carbonyl (C=O) groups is 2. The Hall–Kier alpha value is -9.60. The molecular formula is C118H114N4O2S10. The largest absolute Gasteiger partial charge is 0.288 e. The van der Waals surface area contributed by atoms with Gasteiger partial charge in [-0.15, -0.1) is 113 Å². The number of nitriles is 2. The van der Waals surface area contributed by atoms with Crippen LogP contribution >= 0.6 is 113 Å². The number of fused-ring (bicyclic) bond motifs is 16. The Balaban J connectivity index is 0.975. The number of ketones is 2. The molecule has 0 amide bonds. The summed E-state index contributed by atoms with van der Waals surface area (Å²) in [7, 11) is 0. The lowest BCUT2D eigenvalue weighted by molar-refractivity contribution is 0.103. The number of Topliss-reactive ketones (excluding diaryl/α,β-unsaturated/α-hetero) is 2. The van der Waals surface area contributed by atoms with E-state index in [0.29, 0.717) is 55.0 Å². The van der Waals surface area contributed by atoms with Crippen molar-refractivity contribution in [1.29, 1.82) is 10.5 Å². The van der Waals surface area contributed by atoms with Gasteiger partial charge in [-0.2, -0.15) is 0 Å². The Morgan fingerprint density at radius 2 is 0.716 bits per heavy atom. The molecule has 0 bridgehead atoms. The number of hydrogen-bond donors (Lipinski definition) is 0. The lowest BCUT2D eigenvalue weighted by atomic mass is 9.66. The van der Waals surface area contributed by atoms with Crippen molar-refractivity contribution in [2.24, 2.45) is 11.8 Å². The van der Waals surface area contributed by atoms with E-state index < -0.39 is 10.8 Å². The molecule has 2 atom stereocenters. The zero-order valence-electron chi connectivity index (χ0n) is 78.2. The molecule has 0 saturated heterocycles. The number of thiophene rings is 10. The van der Waals surface area contributed by atoms with E-state index in [4.69, 9.17) is 13.1 Å². The Bertz CT molecular complexity index is 6700. The van der Waals surface area contributed by atoms with Crippen molar-refractivity contribution in [2.75, 3.05) is 0 Å². The third-order valence-electron chi connectivity index (χ3n) is 29.0. The van der Waals surface area contributed by atoms with Crippen LogP contribution in [0, 0.1) is 47.6 Å². The summed E-state index contributed by atoms with van der Waals surface area (Å²) in [4.78, 5) is 52.2. The molecule has 0 saturated carbocycles. The molecule has 0 N–H and O–H groups in total. The molecule has 0 aliphatic heterocycles. The van der Waals surface area contributed by atoms with Crippen molar-refractivity contribution < 1.29 is 9.59 Å². The zero-order chi connectivity index (χ0) is 92.5. The first-order valence-electron chi connectivity index (χ1n) is 49.3. The van der Waals surface area contributed by atoms with Gasteiger partial charge < -0.3 is 0 Å². The van der Waals surface area contributed by atoms with Crippen LogP contribution in [-0.4, -0.2) is 11.6 Å². The second-order valence-electron chi connectivity index (χ2n) is 37.4. The monoisotopic (exact) mass is 1940 g/mol. The van der Waals surface area contributed by atoms with Gasteiger partial charge in [-0.25, -0.2) is 20.2 Å². The second-order valence-corrected chi connectivity index (χ2v) is 47.8. The Morgan fingerprint density at radius 3 is 1.03 bits per heavy atom. The molecule has 10 aromatic heterocycles. The number of carbonyl (C=O) groups excluding carboxylic acids is 2. The molecule has 15 aromatic rings. The van der Waals surface area contributed by atoms with Crippen molar-refractivity contribution in [3.8, 4) is 52.5 Å². The van der Waals surface area contributed by atoms with Crippen LogP contribution in [0.4, 0.5) is 0 Å². The van der Waals surface area contributed by atoms with Crippen molar-refractivity contribution in [3.63, 3.8) is 0 Å². The topological polar surface area (TPSA) is 90.4 Å². The quantitative estimate of drug-likeness (QED) is 0.0166. The van der Waals surface area contributed by atoms with Gasteiger partial charge in [-0.3, -0.25) is 9.59 Å². The number of rotatable bonds is 40. The predicted molar refractivity (Wildman–Crippen MR) is 582 cm³/mol. The first kappa shape index (κ1) is 93.4. The van der Waals surface area contributed by atoms with Crippen LogP contribution in [0.3, 0.4) is 0 Å². The van der Waals surface area contributed by atoms with Crippen molar-refractivity contribution in [3.05, 3.63) is 309 Å². The number of benzene rings is 5. The van der Waals surface area contributed by atoms with E-state index in [-0.39, 0.29) is 23.0 Å². The molecule has 19 rings (SSSR count). The normalized spacial score (nSPS) is 15.7. The minimum absolute atomic E-state index is 0.0677. The highest BCUT2D eigenvalue weighted by Crippen LogP contribution is 2.71. The van der Waals surface area contributed by atoms with E-state index in [9.17, 15) is 10.5 Å². The summed E-state index contributed by atoms with van der Waals surface area (Å²) < 4.78 is 6.38. The number of allylic oxidation sites excluding steroid dienone is 6. The van der Waals surface area contributed by atoms with Gasteiger partial charge in [0.15, 0.2) is 0 Å². The summed E-state index contributed by atoms with van der Waals surface area (Å²) in [6.07, 6.45) is 37.9. The molecule has 4 aliphatic rings. The highest BCUT2D eigenvalue weighted by atomic mass is 32.1. The highest BCUT2D eigenvalue weighted by molar-refractivity contribution is 7.31. The van der Waals surface area contributed by atoms with Gasteiger partial charge in [-0.1, -0.05) is 281 Å². The smallest absolute Gasteiger partial charge is 0.270 e. The fraction of sp³-hybridized carbons (Fsp3) is 0.356. The zero-order valence-corrected chi connectivity index (χ0v) is 86.4. The first-order chi connectivity index (χ1) is 65.7. The average Bonchev–Trinajstić information content (AvgIpc) is 1.53. The van der Waals surface area contributed by atoms with Gasteiger partial charge in [0.05, 0.1) is 74.8 Å². The fourth-order valence-corrected chi connectivity index (χ4v) is 34.6. The van der Waals surface area contributed by atoms with Crippen molar-refractivity contribution >= 4 is 187 Å². The summed E-state index contributed by atoms with van der Waals surface area (Å²) in [5.74, 6) is 0.769. The Kier molecular flexibility index (Phi) is 28.6. The van der Waals surface area contributed by atoms with E-state index in [0.717, 1.165) is 118 Å². The van der Waals surface area contributed by atoms with Crippen LogP contribution in [0.15, 0.2) is 179 Å². The molecule has 5 aromatic carbocycles. The van der Waals surface area contributed by atoms with E-state index in [1.807, 2.05) is 56.1 Å². The number of unbranched alkanes of at least 4 members (excludes halogenated alkanes) is 14. The van der Waals surface area contributed by atoms with Gasteiger partial charge in [0.2, 0.25) is 11.6 Å². The summed E-state index contributed by atoms with van der Waals surface area (Å²) in [6, 6.07) is 62.9. The van der Waals surface area contributed by atoms with Gasteiger partial charge in [0.1, 0.15) is 0 Å². The van der Waals surface area contributed by atoms with Crippen LogP contribution in [0.2, 0.25) is 0 Å². The maximum Gasteiger partial charge on any atom is 0.270 e. The maximum absolute atomic E-state index is 15.6. The molecule has 6 nitrogen and oxygen atoms in total. The molecule has 4 aliphatic carbocycles. The third kappa shape index (κ3) is 16.7. The highest BCUT2D eigenvalue weighted by Gasteiger charge is 2.55. The SMILES string of the molecule is [C-]#[N+]/C(C#N)=C1/C(=C/c2cc3c(s2)-c2sc4c(-c5ccc(CC(CC)CCCC)s5)c5c6c(sc5c(-c5ccc(CC(CC)CCCC)s5)c4c2C3(c2ccc(CCCCCC)cc2)c2ccc(CCCCCC)cc2)-c2sc(/C=C3\C(=O)c4sc5ccsc5c4\C3=C(/C#N)[N+]#[C-])cc2C6(c2ccc(CCCCCC)cc2)c2ccc(CCCCCC)cc2)C(=O)c2sc3ccsc3c21. The maximum atomic E-state index is 15.6. The molecule has 2 unspecified atom stereocenters. The Labute approximate surface area is 831 Å². The first-order valence-corrected chi connectivity index (χ1v) is 57.6. The van der Waals surface area contributed by atoms with Crippen LogP contribution in [0.25, 0.3) is 112 Å². The van der Waals surface area contributed by atoms with E-state index >= 15 is 9.59 Å². The minimum Gasteiger partial charge on any atom is -0.288 e. The number of hydrogen-bond acceptors (Lipinski definition) is 14. The summed E-state index contributed by atoms with van der Waals surface area (Å²) >= 11 is 17.5. The lowest BCUT2D eigenvalue weighted by Crippen LogP contribution is -2.29. The van der Waals surface area contributed by atoms with Gasteiger partial charge >= 0.3 is 0 Å². The fourth-order valence-electron chi connectivity index (χ4n) is 22.0. The molecule has 0 radical (unpaired) electrons. The molecule has 134 heavy (non-hydrogen) atoms. The standard InChI is InChI=1S/C118H114N4O2S10/c1-11-19-25-29-35-73-39-47-77(48-40-73)117(78-49-41-74(42-50-78)36-30-26-20-12-2)87-67-83(65-85-95(89(69-119)121-9)101-109-93(59-61-125-109)131-113(101)105(85)123)129-107(87)115-103(117)99-97(91-57-55-81(127-91)63-71(17-7)33-23-15-5)112-100(98(111(99)133-115)92-58-56-82(128-92)64-72(18-8)34-24-16-6)104-116(134-112)108-88(68-84(130-108)66-86-96(90(70-120)122-10)102-110-94(60-62-126-110)132-114(102)106(86)124)118(104,79-51-43-75(44-52-79)37-31-27-21-13-3)80-53-45-76(46-54-80)38-32-28-22-14-4/h39-62,65-68,71-72H,11-38,63-64H2,1-8H3/b85-65-,86-66-,95-89-,96-90+. The third-order valence-corrected chi connectivity index (χ3v) is 40.5. The van der Waals surface area contributed by atoms with Crippen LogP contribution in [-0.2, 0) is 49.4 Å². The summed E-state index contributed by atoms with van der Waals surface area (Å²) in [6.45, 7) is 35.8. The molecular weight excluding hydrogens is 1830 g/mol. The van der Waals surface area contributed by atoms with Crippen LogP contribution < -0.4 is 0 Å². The Morgan fingerprint density at radius 1 is 0.373 bits per heavy atom. The molecule has 10 heterocycles. The van der Waals surface area contributed by atoms with E-state index in [2.05, 4.69) is 235 Å². The van der Waals surface area contributed by atoms with E-state index in [1.165, 1.54) is 262 Å². The van der Waals surface area contributed by atoms with Crippen molar-refractivity contribution in [2.45, 2.75) is 259 Å². The minimum atomic E-state index is -0.959. The number of aryl methyl sites for hydroxylation is 4. The average molecular weight is 1940 g/mol. The van der Waals surface area contributed by atoms with Crippen LogP contribution in [0.5, 0.6) is 0 Å². The van der Waals surface area contributed by atoms with Gasteiger partial charge in [0, 0.05) is 103 Å². The molecule has 678 valence electrons. The summed E-state index contributed by atoms with van der Waals surface area (Å²) in [5.41, 5.74) is 18.6. The van der Waals surface area contributed by atoms with Crippen molar-refractivity contribution in [1.82, 2.24) is 0 Å². The lowest BCUT2D eigenvalue weighted by Gasteiger charge is -2.35. The van der Waals surface area contributed by atoms with Crippen LogP contribution in [0.1, 0.15) is 326 Å². The second kappa shape index (κ2) is 41.0. The molecule has 0 spiro atoms. The molecule has 16 heteroatoms. The van der Waals surface area contributed by atoms with Gasteiger partial charge in [-0.05, 0) is 214 Å². The van der Waals surface area contributed by atoms with E-state index in [1.54, 1.807) is 45.3 Å². The number of nitrogens with zero attached hydrogens (tertiary/aromatic N) is 4. The predicted octanol–water partition coefficient (Wildman–Crippen LogP) is 37.9. The molecule has 0 fully saturated rings. The summed E-state index contributed by atoms with van der Waals surface area (Å²) in [5, 5.41) is 28.7. The van der Waals surface area contributed by atoms with Gasteiger partial charge in [0.25, 0.3) is 11.4 Å².